The Balaban J connectivity index is 1.63. The highest BCUT2D eigenvalue weighted by atomic mass is 16.5. The van der Waals surface area contributed by atoms with Crippen molar-refractivity contribution in [1.82, 2.24) is 9.88 Å². The zero-order valence-electron chi connectivity index (χ0n) is 16.3. The quantitative estimate of drug-likeness (QED) is 0.849. The van der Waals surface area contributed by atoms with Crippen LogP contribution in [-0.4, -0.2) is 62.1 Å². The Morgan fingerprint density at radius 3 is 2.29 bits per heavy atom. The molecule has 0 radical (unpaired) electrons. The van der Waals surface area contributed by atoms with Crippen LogP contribution in [0, 0.1) is 0 Å². The number of carbonyl (C=O) groups excluding carboxylic acids is 2. The maximum absolute atomic E-state index is 12.5. The first-order chi connectivity index (χ1) is 13.5. The molecule has 0 atom stereocenters. The SMILES string of the molecule is COc1ccc(NC(=O)c2ccc(N3CCN(C(C)=O)CC3)cn2)cc1OC. The van der Waals surface area contributed by atoms with E-state index in [1.165, 1.54) is 0 Å². The summed E-state index contributed by atoms with van der Waals surface area (Å²) in [5.74, 6) is 0.918. The smallest absolute Gasteiger partial charge is 0.274 e. The molecular weight excluding hydrogens is 360 g/mol. The van der Waals surface area contributed by atoms with Crippen molar-refractivity contribution in [1.29, 1.82) is 0 Å². The maximum Gasteiger partial charge on any atom is 0.274 e. The van der Waals surface area contributed by atoms with Crippen LogP contribution in [0.1, 0.15) is 17.4 Å². The highest BCUT2D eigenvalue weighted by Crippen LogP contribution is 2.29. The molecule has 1 aliphatic rings. The van der Waals surface area contributed by atoms with Crippen molar-refractivity contribution in [2.45, 2.75) is 6.92 Å². The van der Waals surface area contributed by atoms with Gasteiger partial charge in [0.25, 0.3) is 5.91 Å². The van der Waals surface area contributed by atoms with Gasteiger partial charge in [-0.1, -0.05) is 0 Å². The molecule has 8 heteroatoms. The standard InChI is InChI=1S/C20H24N4O4/c1-14(25)23-8-10-24(11-9-23)16-5-6-17(21-13-16)20(26)22-15-4-7-18(27-2)19(12-15)28-3/h4-7,12-13H,8-11H2,1-3H3,(H,22,26). The minimum Gasteiger partial charge on any atom is -0.493 e. The molecule has 148 valence electrons. The average Bonchev–Trinajstić information content (AvgIpc) is 2.73. The van der Waals surface area contributed by atoms with Crippen LogP contribution in [-0.2, 0) is 4.79 Å². The van der Waals surface area contributed by atoms with Crippen LogP contribution in [0.15, 0.2) is 36.5 Å². The number of hydrogen-bond acceptors (Lipinski definition) is 6. The van der Waals surface area contributed by atoms with E-state index < -0.39 is 0 Å². The number of hydrogen-bond donors (Lipinski definition) is 1. The fraction of sp³-hybridized carbons (Fsp3) is 0.350. The van der Waals surface area contributed by atoms with Gasteiger partial charge in [-0.2, -0.15) is 0 Å². The van der Waals surface area contributed by atoms with Crippen LogP contribution in [0.2, 0.25) is 0 Å². The molecule has 2 heterocycles. The predicted octanol–water partition coefficient (Wildman–Crippen LogP) is 2.02. The molecule has 1 N–H and O–H groups in total. The lowest BCUT2D eigenvalue weighted by Gasteiger charge is -2.35. The fourth-order valence-corrected chi connectivity index (χ4v) is 3.10. The van der Waals surface area contributed by atoms with E-state index in [1.54, 1.807) is 51.6 Å². The van der Waals surface area contributed by atoms with Gasteiger partial charge in [0.15, 0.2) is 11.5 Å². The molecule has 3 rings (SSSR count). The van der Waals surface area contributed by atoms with E-state index in [2.05, 4.69) is 15.2 Å². The van der Waals surface area contributed by atoms with Gasteiger partial charge in [0.1, 0.15) is 5.69 Å². The third-order valence-electron chi connectivity index (χ3n) is 4.71. The monoisotopic (exact) mass is 384 g/mol. The number of pyridine rings is 1. The molecule has 0 saturated carbocycles. The second-order valence-electron chi connectivity index (χ2n) is 6.42. The first kappa shape index (κ1) is 19.5. The number of methoxy groups -OCH3 is 2. The summed E-state index contributed by atoms with van der Waals surface area (Å²) in [6, 6.07) is 8.73. The zero-order chi connectivity index (χ0) is 20.1. The van der Waals surface area contributed by atoms with Crippen molar-refractivity contribution in [3.8, 4) is 11.5 Å². The number of amides is 2. The minimum absolute atomic E-state index is 0.0972. The molecule has 8 nitrogen and oxygen atoms in total. The summed E-state index contributed by atoms with van der Waals surface area (Å²) in [5.41, 5.74) is 1.85. The molecule has 0 bridgehead atoms. The Morgan fingerprint density at radius 2 is 1.71 bits per heavy atom. The van der Waals surface area contributed by atoms with Gasteiger partial charge in [0.2, 0.25) is 5.91 Å². The van der Waals surface area contributed by atoms with Crippen LogP contribution < -0.4 is 19.7 Å². The molecule has 0 unspecified atom stereocenters. The van der Waals surface area contributed by atoms with Gasteiger partial charge in [0.05, 0.1) is 26.1 Å². The molecule has 1 saturated heterocycles. The molecule has 28 heavy (non-hydrogen) atoms. The van der Waals surface area contributed by atoms with Crippen LogP contribution in [0.4, 0.5) is 11.4 Å². The van der Waals surface area contributed by atoms with Gasteiger partial charge in [-0.25, -0.2) is 4.98 Å². The predicted molar refractivity (Wildman–Crippen MR) is 106 cm³/mol. The summed E-state index contributed by atoms with van der Waals surface area (Å²) in [6.07, 6.45) is 1.69. The van der Waals surface area contributed by atoms with E-state index in [0.29, 0.717) is 36.0 Å². The fourth-order valence-electron chi connectivity index (χ4n) is 3.10. The maximum atomic E-state index is 12.5. The lowest BCUT2D eigenvalue weighted by Crippen LogP contribution is -2.48. The summed E-state index contributed by atoms with van der Waals surface area (Å²) in [4.78, 5) is 32.2. The summed E-state index contributed by atoms with van der Waals surface area (Å²) in [5, 5.41) is 2.81. The summed E-state index contributed by atoms with van der Waals surface area (Å²) < 4.78 is 10.4. The first-order valence-electron chi connectivity index (χ1n) is 9.01. The topological polar surface area (TPSA) is 84.0 Å². The second-order valence-corrected chi connectivity index (χ2v) is 6.42. The van der Waals surface area contributed by atoms with Crippen LogP contribution in [0.25, 0.3) is 0 Å². The van der Waals surface area contributed by atoms with Crippen molar-refractivity contribution in [2.24, 2.45) is 0 Å². The van der Waals surface area contributed by atoms with Gasteiger partial charge >= 0.3 is 0 Å². The van der Waals surface area contributed by atoms with E-state index >= 15 is 0 Å². The number of ether oxygens (including phenoxy) is 2. The van der Waals surface area contributed by atoms with Gasteiger partial charge in [-0.3, -0.25) is 9.59 Å². The van der Waals surface area contributed by atoms with Crippen molar-refractivity contribution in [2.75, 3.05) is 50.6 Å². The third kappa shape index (κ3) is 4.33. The van der Waals surface area contributed by atoms with Crippen molar-refractivity contribution in [3.63, 3.8) is 0 Å². The van der Waals surface area contributed by atoms with Gasteiger partial charge in [-0.15, -0.1) is 0 Å². The zero-order valence-corrected chi connectivity index (χ0v) is 16.3. The van der Waals surface area contributed by atoms with E-state index in [9.17, 15) is 9.59 Å². The van der Waals surface area contributed by atoms with Crippen molar-refractivity contribution < 1.29 is 19.1 Å². The number of rotatable bonds is 5. The van der Waals surface area contributed by atoms with E-state index in [-0.39, 0.29) is 11.8 Å². The molecule has 1 aromatic carbocycles. The Morgan fingerprint density at radius 1 is 1.00 bits per heavy atom. The highest BCUT2D eigenvalue weighted by molar-refractivity contribution is 6.03. The van der Waals surface area contributed by atoms with Crippen LogP contribution >= 0.6 is 0 Å². The molecular formula is C20H24N4O4. The van der Waals surface area contributed by atoms with Gasteiger partial charge in [-0.05, 0) is 24.3 Å². The van der Waals surface area contributed by atoms with E-state index in [4.69, 9.17) is 9.47 Å². The molecule has 2 amide bonds. The minimum atomic E-state index is -0.305. The summed E-state index contributed by atoms with van der Waals surface area (Å²) in [6.45, 7) is 4.47. The lowest BCUT2D eigenvalue weighted by atomic mass is 10.2. The Kier molecular flexibility index (Phi) is 5.98. The normalized spacial score (nSPS) is 13.8. The molecule has 0 aliphatic carbocycles. The highest BCUT2D eigenvalue weighted by Gasteiger charge is 2.19. The molecule has 0 spiro atoms. The number of benzene rings is 1. The summed E-state index contributed by atoms with van der Waals surface area (Å²) >= 11 is 0. The second kappa shape index (κ2) is 8.60. The Hall–Kier alpha value is -3.29. The molecule has 2 aromatic rings. The van der Waals surface area contributed by atoms with Crippen molar-refractivity contribution in [3.05, 3.63) is 42.2 Å². The number of carbonyl (C=O) groups is 2. The largest absolute Gasteiger partial charge is 0.493 e. The Bertz CT molecular complexity index is 846. The van der Waals surface area contributed by atoms with Crippen LogP contribution in [0.5, 0.6) is 11.5 Å². The molecule has 1 aliphatic heterocycles. The third-order valence-corrected chi connectivity index (χ3v) is 4.71. The number of nitrogens with zero attached hydrogens (tertiary/aromatic N) is 3. The average molecular weight is 384 g/mol. The Labute approximate surface area is 164 Å². The van der Waals surface area contributed by atoms with E-state index in [1.807, 2.05) is 11.0 Å². The van der Waals surface area contributed by atoms with E-state index in [0.717, 1.165) is 18.8 Å². The number of anilines is 2. The van der Waals surface area contributed by atoms with Crippen LogP contribution in [0.3, 0.4) is 0 Å². The number of piperazine rings is 1. The molecule has 1 aromatic heterocycles. The summed E-state index contributed by atoms with van der Waals surface area (Å²) in [7, 11) is 3.10. The van der Waals surface area contributed by atoms with Gasteiger partial charge < -0.3 is 24.6 Å². The lowest BCUT2D eigenvalue weighted by molar-refractivity contribution is -0.129. The number of aromatic nitrogens is 1. The van der Waals surface area contributed by atoms with Crippen molar-refractivity contribution >= 4 is 23.2 Å². The number of nitrogens with one attached hydrogen (secondary N) is 1. The van der Waals surface area contributed by atoms with Gasteiger partial charge in [0, 0.05) is 44.9 Å². The molecule has 1 fully saturated rings. The first-order valence-corrected chi connectivity index (χ1v) is 9.01.